The average Bonchev–Trinajstić information content (AvgIpc) is 3.00. The fourth-order valence-corrected chi connectivity index (χ4v) is 3.54. The van der Waals surface area contributed by atoms with Crippen LogP contribution < -0.4 is 9.75 Å². The molecule has 1 aliphatic rings. The number of benzene rings is 2. The van der Waals surface area contributed by atoms with Gasteiger partial charge in [0, 0.05) is 22.2 Å². The molecule has 1 amide bonds. The summed E-state index contributed by atoms with van der Waals surface area (Å²) in [6.45, 7) is 0. The summed E-state index contributed by atoms with van der Waals surface area (Å²) in [5.74, 6) is 0.526. The second-order valence-corrected chi connectivity index (χ2v) is 6.63. The SMILES string of the molecule is COc1cc(Cl)c2nc3ccccc3c(N3N=C(CBr)CC3=O)c2c1. The predicted octanol–water partition coefficient (Wildman–Crippen LogP) is 4.54. The van der Waals surface area contributed by atoms with Crippen molar-refractivity contribution in [2.45, 2.75) is 6.42 Å². The summed E-state index contributed by atoms with van der Waals surface area (Å²) in [4.78, 5) is 17.2. The van der Waals surface area contributed by atoms with Crippen molar-refractivity contribution in [3.63, 3.8) is 0 Å². The van der Waals surface area contributed by atoms with E-state index >= 15 is 0 Å². The Bertz CT molecular complexity index is 1050. The third-order valence-corrected chi connectivity index (χ3v) is 5.05. The zero-order valence-electron chi connectivity index (χ0n) is 13.3. The number of nitrogens with zero attached hydrogens (tertiary/aromatic N) is 3. The lowest BCUT2D eigenvalue weighted by Crippen LogP contribution is -2.20. The normalized spacial score (nSPS) is 14.4. The van der Waals surface area contributed by atoms with Gasteiger partial charge in [-0.05, 0) is 12.1 Å². The number of carbonyl (C=O) groups excluding carboxylic acids is 1. The van der Waals surface area contributed by atoms with E-state index in [0.29, 0.717) is 33.7 Å². The van der Waals surface area contributed by atoms with Crippen LogP contribution in [0.15, 0.2) is 41.5 Å². The predicted molar refractivity (Wildman–Crippen MR) is 104 cm³/mol. The highest BCUT2D eigenvalue weighted by Gasteiger charge is 2.28. The van der Waals surface area contributed by atoms with Gasteiger partial charge < -0.3 is 4.74 Å². The molecule has 1 aliphatic heterocycles. The Labute approximate surface area is 157 Å². The van der Waals surface area contributed by atoms with Crippen LogP contribution in [0, 0.1) is 0 Å². The average molecular weight is 419 g/mol. The second-order valence-electron chi connectivity index (χ2n) is 5.67. The summed E-state index contributed by atoms with van der Waals surface area (Å²) in [5.41, 5.74) is 2.84. The number of aromatic nitrogens is 1. The number of para-hydroxylation sites is 1. The Balaban J connectivity index is 2.13. The van der Waals surface area contributed by atoms with E-state index in [0.717, 1.165) is 22.0 Å². The van der Waals surface area contributed by atoms with E-state index in [4.69, 9.17) is 16.3 Å². The van der Waals surface area contributed by atoms with Gasteiger partial charge in [-0.25, -0.2) is 4.98 Å². The van der Waals surface area contributed by atoms with Gasteiger partial charge in [0.05, 0.1) is 41.0 Å². The number of methoxy groups -OCH3 is 1. The molecule has 126 valence electrons. The van der Waals surface area contributed by atoms with Crippen LogP contribution in [0.1, 0.15) is 6.42 Å². The maximum atomic E-state index is 12.6. The number of hydrogen-bond acceptors (Lipinski definition) is 4. The van der Waals surface area contributed by atoms with E-state index in [1.165, 1.54) is 5.01 Å². The van der Waals surface area contributed by atoms with Crippen LogP contribution in [-0.4, -0.2) is 29.0 Å². The Morgan fingerprint density at radius 3 is 2.80 bits per heavy atom. The lowest BCUT2D eigenvalue weighted by atomic mass is 10.1. The molecule has 0 unspecified atom stereocenters. The van der Waals surface area contributed by atoms with Crippen molar-refractivity contribution in [2.24, 2.45) is 5.10 Å². The van der Waals surface area contributed by atoms with Gasteiger partial charge >= 0.3 is 0 Å². The number of amides is 1. The van der Waals surface area contributed by atoms with E-state index in [-0.39, 0.29) is 5.91 Å². The van der Waals surface area contributed by atoms with Crippen molar-refractivity contribution < 1.29 is 9.53 Å². The smallest absolute Gasteiger partial charge is 0.253 e. The van der Waals surface area contributed by atoms with Crippen LogP contribution in [-0.2, 0) is 4.79 Å². The number of hydrogen-bond donors (Lipinski definition) is 0. The van der Waals surface area contributed by atoms with Crippen molar-refractivity contribution in [1.29, 1.82) is 0 Å². The van der Waals surface area contributed by atoms with Gasteiger partial charge in [-0.3, -0.25) is 4.79 Å². The number of pyridine rings is 1. The highest BCUT2D eigenvalue weighted by molar-refractivity contribution is 9.09. The standard InChI is InChI=1S/C18H13BrClN3O2/c1-25-11-7-13-17(14(20)8-11)21-15-5-3-2-4-12(15)18(13)23-16(24)6-10(9-19)22-23/h2-5,7-8H,6,9H2,1H3. The minimum Gasteiger partial charge on any atom is -0.497 e. The number of hydrazone groups is 1. The first kappa shape index (κ1) is 16.3. The van der Waals surface area contributed by atoms with Crippen LogP contribution in [0.5, 0.6) is 5.75 Å². The third-order valence-electron chi connectivity index (χ3n) is 4.12. The molecule has 5 nitrogen and oxygen atoms in total. The first-order valence-corrected chi connectivity index (χ1v) is 9.13. The summed E-state index contributed by atoms with van der Waals surface area (Å²) in [7, 11) is 1.58. The molecule has 0 aliphatic carbocycles. The van der Waals surface area contributed by atoms with E-state index in [9.17, 15) is 4.79 Å². The molecule has 0 saturated carbocycles. The lowest BCUT2D eigenvalue weighted by molar-refractivity contribution is -0.116. The molecule has 0 N–H and O–H groups in total. The van der Waals surface area contributed by atoms with Gasteiger partial charge in [0.1, 0.15) is 5.75 Å². The summed E-state index contributed by atoms with van der Waals surface area (Å²) < 4.78 is 5.34. The van der Waals surface area contributed by atoms with Crippen LogP contribution in [0.2, 0.25) is 5.02 Å². The molecule has 2 heterocycles. The molecule has 7 heteroatoms. The molecule has 0 atom stereocenters. The molecule has 0 radical (unpaired) electrons. The molecule has 0 fully saturated rings. The topological polar surface area (TPSA) is 54.8 Å². The number of fused-ring (bicyclic) bond motifs is 2. The van der Waals surface area contributed by atoms with Crippen LogP contribution in [0.25, 0.3) is 21.8 Å². The molecule has 3 aromatic rings. The zero-order valence-corrected chi connectivity index (χ0v) is 15.6. The number of halogens is 2. The fourth-order valence-electron chi connectivity index (χ4n) is 2.98. The van der Waals surface area contributed by atoms with E-state index in [1.54, 1.807) is 13.2 Å². The number of anilines is 1. The number of rotatable bonds is 3. The van der Waals surface area contributed by atoms with Crippen molar-refractivity contribution in [3.05, 3.63) is 41.4 Å². The summed E-state index contributed by atoms with van der Waals surface area (Å²) in [5, 5.41) is 8.54. The third kappa shape index (κ3) is 2.65. The Hall–Kier alpha value is -2.18. The van der Waals surface area contributed by atoms with Gasteiger partial charge in [0.15, 0.2) is 0 Å². The minimum atomic E-state index is -0.0777. The lowest BCUT2D eigenvalue weighted by Gasteiger charge is -2.18. The summed E-state index contributed by atoms with van der Waals surface area (Å²) >= 11 is 9.80. The van der Waals surface area contributed by atoms with Gasteiger partial charge in [-0.1, -0.05) is 45.7 Å². The van der Waals surface area contributed by atoms with Crippen molar-refractivity contribution >= 4 is 66.6 Å². The summed E-state index contributed by atoms with van der Waals surface area (Å²) in [6.07, 6.45) is 0.293. The first-order valence-electron chi connectivity index (χ1n) is 7.63. The number of alkyl halides is 1. The maximum Gasteiger partial charge on any atom is 0.253 e. The molecular formula is C18H13BrClN3O2. The number of carbonyl (C=O) groups is 1. The minimum absolute atomic E-state index is 0.0777. The molecule has 2 aromatic carbocycles. The monoisotopic (exact) mass is 417 g/mol. The Kier molecular flexibility index (Phi) is 4.09. The highest BCUT2D eigenvalue weighted by Crippen LogP contribution is 2.40. The Morgan fingerprint density at radius 1 is 1.28 bits per heavy atom. The second kappa shape index (κ2) is 6.28. The van der Waals surface area contributed by atoms with Crippen LogP contribution in [0.3, 0.4) is 0 Å². The molecule has 0 saturated heterocycles. The molecule has 0 bridgehead atoms. The van der Waals surface area contributed by atoms with E-state index in [2.05, 4.69) is 26.0 Å². The van der Waals surface area contributed by atoms with Crippen LogP contribution in [0.4, 0.5) is 5.69 Å². The molecule has 0 spiro atoms. The van der Waals surface area contributed by atoms with Crippen molar-refractivity contribution in [3.8, 4) is 5.75 Å². The van der Waals surface area contributed by atoms with Gasteiger partial charge in [0.2, 0.25) is 0 Å². The highest BCUT2D eigenvalue weighted by atomic mass is 79.9. The zero-order chi connectivity index (χ0) is 17.6. The largest absolute Gasteiger partial charge is 0.497 e. The van der Waals surface area contributed by atoms with Gasteiger partial charge in [-0.2, -0.15) is 10.1 Å². The molecule has 1 aromatic heterocycles. The van der Waals surface area contributed by atoms with Gasteiger partial charge in [0.25, 0.3) is 5.91 Å². The number of ether oxygens (including phenoxy) is 1. The van der Waals surface area contributed by atoms with Crippen LogP contribution >= 0.6 is 27.5 Å². The van der Waals surface area contributed by atoms with E-state index < -0.39 is 0 Å². The van der Waals surface area contributed by atoms with Crippen molar-refractivity contribution in [1.82, 2.24) is 4.98 Å². The summed E-state index contributed by atoms with van der Waals surface area (Å²) in [6, 6.07) is 11.2. The molecule has 4 rings (SSSR count). The Morgan fingerprint density at radius 2 is 2.08 bits per heavy atom. The van der Waals surface area contributed by atoms with Crippen molar-refractivity contribution in [2.75, 3.05) is 17.4 Å². The van der Waals surface area contributed by atoms with Gasteiger partial charge in [-0.15, -0.1) is 0 Å². The van der Waals surface area contributed by atoms with E-state index in [1.807, 2.05) is 30.3 Å². The maximum absolute atomic E-state index is 12.6. The first-order chi connectivity index (χ1) is 12.1. The molecule has 25 heavy (non-hydrogen) atoms. The quantitative estimate of drug-likeness (QED) is 0.463. The molecular weight excluding hydrogens is 406 g/mol. The fraction of sp³-hybridized carbons (Fsp3) is 0.167.